The van der Waals surface area contributed by atoms with E-state index in [4.69, 9.17) is 14.2 Å². The van der Waals surface area contributed by atoms with Crippen LogP contribution in [0.2, 0.25) is 0 Å². The Balaban J connectivity index is 1.67. The molecule has 6 nitrogen and oxygen atoms in total. The third-order valence-corrected chi connectivity index (χ3v) is 8.09. The van der Waals surface area contributed by atoms with Crippen molar-refractivity contribution in [2.24, 2.45) is 11.8 Å². The van der Waals surface area contributed by atoms with Crippen molar-refractivity contribution in [3.63, 3.8) is 0 Å². The molecule has 1 spiro atoms. The van der Waals surface area contributed by atoms with Gasteiger partial charge < -0.3 is 19.1 Å². The Hall–Kier alpha value is -1.89. The highest BCUT2D eigenvalue weighted by Gasteiger charge is 2.84. The number of esters is 1. The second kappa shape index (κ2) is 5.38. The van der Waals surface area contributed by atoms with Gasteiger partial charge in [-0.05, 0) is 30.9 Å². The van der Waals surface area contributed by atoms with Crippen LogP contribution in [0.5, 0.6) is 0 Å². The van der Waals surface area contributed by atoms with Gasteiger partial charge in [0.15, 0.2) is 5.72 Å². The van der Waals surface area contributed by atoms with E-state index in [1.807, 2.05) is 0 Å². The molecule has 6 heteroatoms. The molecule has 1 saturated carbocycles. The van der Waals surface area contributed by atoms with Gasteiger partial charge >= 0.3 is 5.97 Å². The number of nitrogens with zero attached hydrogens (tertiary/aromatic N) is 2. The largest absolute Gasteiger partial charge is 0.469 e. The Kier molecular flexibility index (Phi) is 3.27. The number of allylic oxidation sites excluding steroid dienone is 1. The number of hydrogen-bond acceptors (Lipinski definition) is 6. The van der Waals surface area contributed by atoms with Crippen LogP contribution in [0.15, 0.2) is 35.9 Å². The minimum absolute atomic E-state index is 0.0288. The fourth-order valence-electron chi connectivity index (χ4n) is 7.34. The molecule has 0 amide bonds. The highest BCUT2D eigenvalue weighted by atomic mass is 16.6. The van der Waals surface area contributed by atoms with Crippen molar-refractivity contribution in [2.75, 3.05) is 32.4 Å². The lowest BCUT2D eigenvalue weighted by atomic mass is 9.49. The molecule has 6 rings (SSSR count). The van der Waals surface area contributed by atoms with Crippen LogP contribution in [-0.4, -0.2) is 56.4 Å². The third-order valence-electron chi connectivity index (χ3n) is 8.09. The Morgan fingerprint density at radius 3 is 2.93 bits per heavy atom. The quantitative estimate of drug-likeness (QED) is 0.590. The molecule has 1 aromatic carbocycles. The normalized spacial score (nSPS) is 43.5. The number of methoxy groups -OCH3 is 2. The summed E-state index contributed by atoms with van der Waals surface area (Å²) in [4.78, 5) is 18.1. The summed E-state index contributed by atoms with van der Waals surface area (Å²) in [6.45, 7) is 3.41. The standard InChI is InChI=1S/C22H26N2O4/c1-4-13-11-23-17-9-14(13)19(20(25)27-3)21-10-18(23)28-22(17,21)24(12-26-2)16-8-6-5-7-15(16)21/h4-8,14,17-19H,9-12H2,1-3H3/b13-4-/t14?,17-,18?,19?,21-,22-/m0/s1. The first kappa shape index (κ1) is 17.0. The number of piperidine rings is 2. The fraction of sp³-hybridized carbons (Fsp3) is 0.591. The van der Waals surface area contributed by atoms with E-state index >= 15 is 0 Å². The molecule has 6 atom stereocenters. The van der Waals surface area contributed by atoms with E-state index in [-0.39, 0.29) is 30.1 Å². The van der Waals surface area contributed by atoms with Crippen molar-refractivity contribution in [2.45, 2.75) is 43.2 Å². The Morgan fingerprint density at radius 2 is 2.18 bits per heavy atom. The van der Waals surface area contributed by atoms with Crippen LogP contribution < -0.4 is 4.90 Å². The zero-order valence-corrected chi connectivity index (χ0v) is 16.6. The van der Waals surface area contributed by atoms with Gasteiger partial charge in [0.2, 0.25) is 0 Å². The van der Waals surface area contributed by atoms with Gasteiger partial charge in [-0.2, -0.15) is 0 Å². The first-order valence-corrected chi connectivity index (χ1v) is 10.2. The van der Waals surface area contributed by atoms with Crippen molar-refractivity contribution >= 4 is 11.7 Å². The molecule has 3 unspecified atom stereocenters. The number of para-hydroxylation sites is 1. The van der Waals surface area contributed by atoms with Crippen molar-refractivity contribution < 1.29 is 19.0 Å². The Morgan fingerprint density at radius 1 is 1.36 bits per heavy atom. The Bertz CT molecular complexity index is 900. The van der Waals surface area contributed by atoms with Crippen molar-refractivity contribution in [3.8, 4) is 0 Å². The molecule has 5 aliphatic rings. The minimum Gasteiger partial charge on any atom is -0.469 e. The molecule has 4 fully saturated rings. The molecule has 4 aliphatic heterocycles. The van der Waals surface area contributed by atoms with E-state index < -0.39 is 11.1 Å². The first-order chi connectivity index (χ1) is 13.6. The van der Waals surface area contributed by atoms with Crippen LogP contribution in [0.4, 0.5) is 5.69 Å². The lowest BCUT2D eigenvalue weighted by molar-refractivity contribution is -0.164. The molecular weight excluding hydrogens is 356 g/mol. The van der Waals surface area contributed by atoms with E-state index in [0.29, 0.717) is 6.73 Å². The highest BCUT2D eigenvalue weighted by Crippen LogP contribution is 2.74. The Labute approximate surface area is 165 Å². The van der Waals surface area contributed by atoms with Crippen LogP contribution in [0, 0.1) is 11.8 Å². The minimum atomic E-state index is -0.564. The van der Waals surface area contributed by atoms with Gasteiger partial charge in [0.1, 0.15) is 13.0 Å². The monoisotopic (exact) mass is 382 g/mol. The predicted molar refractivity (Wildman–Crippen MR) is 103 cm³/mol. The third kappa shape index (κ3) is 1.55. The van der Waals surface area contributed by atoms with Gasteiger partial charge in [-0.25, -0.2) is 0 Å². The maximum Gasteiger partial charge on any atom is 0.310 e. The van der Waals surface area contributed by atoms with Gasteiger partial charge in [-0.15, -0.1) is 0 Å². The van der Waals surface area contributed by atoms with Crippen LogP contribution in [0.1, 0.15) is 25.3 Å². The molecule has 3 saturated heterocycles. The summed E-state index contributed by atoms with van der Waals surface area (Å²) in [5, 5.41) is 0. The average molecular weight is 382 g/mol. The molecular formula is C22H26N2O4. The summed E-state index contributed by atoms with van der Waals surface area (Å²) in [6, 6.07) is 8.73. The molecule has 4 heterocycles. The number of anilines is 1. The second-order valence-electron chi connectivity index (χ2n) is 8.70. The van der Waals surface area contributed by atoms with E-state index in [1.54, 1.807) is 7.11 Å². The van der Waals surface area contributed by atoms with E-state index in [1.165, 1.54) is 18.2 Å². The second-order valence-corrected chi connectivity index (χ2v) is 8.70. The van der Waals surface area contributed by atoms with Crippen molar-refractivity contribution in [1.82, 2.24) is 4.90 Å². The number of carbonyl (C=O) groups excluding carboxylic acids is 1. The number of carbonyl (C=O) groups is 1. The van der Waals surface area contributed by atoms with Gasteiger partial charge in [-0.3, -0.25) is 9.69 Å². The molecule has 28 heavy (non-hydrogen) atoms. The highest BCUT2D eigenvalue weighted by molar-refractivity contribution is 5.82. The zero-order chi connectivity index (χ0) is 19.3. The summed E-state index contributed by atoms with van der Waals surface area (Å²) in [5.74, 6) is -0.152. The molecule has 1 aromatic rings. The topological polar surface area (TPSA) is 51.2 Å². The summed E-state index contributed by atoms with van der Waals surface area (Å²) < 4.78 is 17.9. The molecule has 148 valence electrons. The van der Waals surface area contributed by atoms with Crippen molar-refractivity contribution in [3.05, 3.63) is 41.5 Å². The van der Waals surface area contributed by atoms with Gasteiger partial charge in [0.05, 0.1) is 24.5 Å². The number of benzene rings is 1. The predicted octanol–water partition coefficient (Wildman–Crippen LogP) is 2.24. The van der Waals surface area contributed by atoms with Crippen LogP contribution >= 0.6 is 0 Å². The van der Waals surface area contributed by atoms with Crippen LogP contribution in [0.3, 0.4) is 0 Å². The van der Waals surface area contributed by atoms with E-state index in [9.17, 15) is 4.79 Å². The lowest BCUT2D eigenvalue weighted by Crippen LogP contribution is -2.75. The number of ether oxygens (including phenoxy) is 3. The lowest BCUT2D eigenvalue weighted by Gasteiger charge is -2.61. The van der Waals surface area contributed by atoms with Crippen LogP contribution in [-0.2, 0) is 24.4 Å². The fourth-order valence-corrected chi connectivity index (χ4v) is 7.34. The van der Waals surface area contributed by atoms with Gasteiger partial charge in [-0.1, -0.05) is 29.8 Å². The molecule has 0 N–H and O–H groups in total. The van der Waals surface area contributed by atoms with Gasteiger partial charge in [0, 0.05) is 25.8 Å². The summed E-state index contributed by atoms with van der Waals surface area (Å²) in [7, 11) is 3.24. The average Bonchev–Trinajstić information content (AvgIpc) is 3.32. The maximum absolute atomic E-state index is 13.3. The smallest absolute Gasteiger partial charge is 0.310 e. The van der Waals surface area contributed by atoms with E-state index in [0.717, 1.165) is 25.1 Å². The van der Waals surface area contributed by atoms with Crippen LogP contribution in [0.25, 0.3) is 0 Å². The molecule has 0 radical (unpaired) electrons. The summed E-state index contributed by atoms with van der Waals surface area (Å²) in [5.41, 5.74) is 2.73. The number of rotatable bonds is 3. The molecule has 0 aromatic heterocycles. The number of fused-ring (bicyclic) bond motifs is 4. The van der Waals surface area contributed by atoms with E-state index in [2.05, 4.69) is 47.1 Å². The molecule has 4 bridgehead atoms. The molecule has 1 aliphatic carbocycles. The zero-order valence-electron chi connectivity index (χ0n) is 16.6. The maximum atomic E-state index is 13.3. The SMILES string of the molecule is C/C=C1/CN2C3C[C@@]45c6ccccc6N(COC)[C@]4(O3)[C@@H]2CC1C5C(=O)OC. The summed E-state index contributed by atoms with van der Waals surface area (Å²) in [6.07, 6.45) is 3.98. The summed E-state index contributed by atoms with van der Waals surface area (Å²) >= 11 is 0. The van der Waals surface area contributed by atoms with Crippen molar-refractivity contribution in [1.29, 1.82) is 0 Å². The van der Waals surface area contributed by atoms with Gasteiger partial charge in [0.25, 0.3) is 0 Å². The first-order valence-electron chi connectivity index (χ1n) is 10.2. The number of hydrogen-bond donors (Lipinski definition) is 0.